The Bertz CT molecular complexity index is 709. The quantitative estimate of drug-likeness (QED) is 0.648. The van der Waals surface area contributed by atoms with E-state index in [4.69, 9.17) is 4.74 Å². The molecule has 1 N–H and O–H groups in total. The van der Waals surface area contributed by atoms with E-state index in [0.29, 0.717) is 11.1 Å². The van der Waals surface area contributed by atoms with Gasteiger partial charge in [0.05, 0.1) is 7.11 Å². The van der Waals surface area contributed by atoms with Crippen molar-refractivity contribution >= 4 is 11.9 Å². The molecule has 2 aromatic carbocycles. The van der Waals surface area contributed by atoms with Crippen LogP contribution in [0.2, 0.25) is 0 Å². The molecule has 0 spiro atoms. The van der Waals surface area contributed by atoms with E-state index < -0.39 is 6.61 Å². The zero-order valence-electron chi connectivity index (χ0n) is 12.2. The fourth-order valence-electron chi connectivity index (χ4n) is 1.88. The lowest BCUT2D eigenvalue weighted by Gasteiger charge is -2.10. The Labute approximate surface area is 131 Å². The number of phenolic OH excluding ortho intramolecular Hbond substituents is 1. The van der Waals surface area contributed by atoms with Crippen molar-refractivity contribution in [3.63, 3.8) is 0 Å². The lowest BCUT2D eigenvalue weighted by Crippen LogP contribution is -2.03. The van der Waals surface area contributed by atoms with Gasteiger partial charge in [-0.2, -0.15) is 8.78 Å². The summed E-state index contributed by atoms with van der Waals surface area (Å²) in [5, 5.41) is 9.18. The Morgan fingerprint density at radius 1 is 1.13 bits per heavy atom. The number of ketones is 1. The maximum atomic E-state index is 12.4. The maximum absolute atomic E-state index is 12.4. The van der Waals surface area contributed by atoms with Crippen LogP contribution < -0.4 is 9.47 Å². The Morgan fingerprint density at radius 2 is 1.83 bits per heavy atom. The molecule has 0 heterocycles. The molecule has 23 heavy (non-hydrogen) atoms. The summed E-state index contributed by atoms with van der Waals surface area (Å²) in [7, 11) is 1.34. The molecule has 0 radical (unpaired) electrons. The topological polar surface area (TPSA) is 55.8 Å². The van der Waals surface area contributed by atoms with Crippen molar-refractivity contribution in [2.24, 2.45) is 0 Å². The predicted octanol–water partition coefficient (Wildman–Crippen LogP) is 3.90. The highest BCUT2D eigenvalue weighted by Gasteiger charge is 2.10. The van der Waals surface area contributed by atoms with Gasteiger partial charge in [-0.15, -0.1) is 0 Å². The van der Waals surface area contributed by atoms with Crippen LogP contribution >= 0.6 is 0 Å². The smallest absolute Gasteiger partial charge is 0.387 e. The van der Waals surface area contributed by atoms with E-state index in [1.165, 1.54) is 55.7 Å². The number of aromatic hydroxyl groups is 1. The average molecular weight is 320 g/mol. The van der Waals surface area contributed by atoms with Gasteiger partial charge in [0.15, 0.2) is 17.3 Å². The Hall–Kier alpha value is -2.89. The van der Waals surface area contributed by atoms with Crippen molar-refractivity contribution in [1.82, 2.24) is 0 Å². The standard InChI is InChI=1S/C17H14F2O4/c1-22-15-9-3-11(10-16(15)23-17(18)19)2-8-14(21)12-4-6-13(20)7-5-12/h2-10,17,20H,1H3/b8-2+. The Kier molecular flexibility index (Phi) is 5.30. The molecule has 0 aromatic heterocycles. The number of carbonyl (C=O) groups is 1. The fraction of sp³-hybridized carbons (Fsp3) is 0.118. The summed E-state index contributed by atoms with van der Waals surface area (Å²) in [6.45, 7) is -2.97. The van der Waals surface area contributed by atoms with Gasteiger partial charge < -0.3 is 14.6 Å². The molecule has 120 valence electrons. The average Bonchev–Trinajstić information content (AvgIpc) is 2.53. The van der Waals surface area contributed by atoms with Gasteiger partial charge in [-0.25, -0.2) is 0 Å². The second kappa shape index (κ2) is 7.40. The molecule has 0 aliphatic carbocycles. The van der Waals surface area contributed by atoms with Crippen molar-refractivity contribution < 1.29 is 28.2 Å². The summed E-state index contributed by atoms with van der Waals surface area (Å²) in [5.41, 5.74) is 0.908. The molecular weight excluding hydrogens is 306 g/mol. The Balaban J connectivity index is 2.18. The minimum Gasteiger partial charge on any atom is -0.508 e. The van der Waals surface area contributed by atoms with Gasteiger partial charge in [0.1, 0.15) is 5.75 Å². The SMILES string of the molecule is COc1ccc(/C=C/C(=O)c2ccc(O)cc2)cc1OC(F)F. The third-order valence-corrected chi connectivity index (χ3v) is 2.98. The number of alkyl halides is 2. The van der Waals surface area contributed by atoms with E-state index in [1.807, 2.05) is 0 Å². The van der Waals surface area contributed by atoms with E-state index in [2.05, 4.69) is 4.74 Å². The van der Waals surface area contributed by atoms with Gasteiger partial charge in [0, 0.05) is 5.56 Å². The van der Waals surface area contributed by atoms with Crippen LogP contribution in [0, 0.1) is 0 Å². The number of rotatable bonds is 6. The van der Waals surface area contributed by atoms with Gasteiger partial charge >= 0.3 is 6.61 Å². The summed E-state index contributed by atoms with van der Waals surface area (Å²) < 4.78 is 34.0. The van der Waals surface area contributed by atoms with E-state index in [9.17, 15) is 18.7 Å². The largest absolute Gasteiger partial charge is 0.508 e. The number of benzene rings is 2. The van der Waals surface area contributed by atoms with Crippen LogP contribution in [0.3, 0.4) is 0 Å². The molecule has 0 fully saturated rings. The van der Waals surface area contributed by atoms with Crippen LogP contribution in [0.4, 0.5) is 8.78 Å². The number of allylic oxidation sites excluding steroid dienone is 1. The second-order valence-corrected chi connectivity index (χ2v) is 4.53. The first kappa shape index (κ1) is 16.5. The van der Waals surface area contributed by atoms with Crippen LogP contribution in [0.5, 0.6) is 17.2 Å². The Morgan fingerprint density at radius 3 is 2.43 bits per heavy atom. The highest BCUT2D eigenvalue weighted by Crippen LogP contribution is 2.30. The first-order valence-corrected chi connectivity index (χ1v) is 6.64. The lowest BCUT2D eigenvalue weighted by molar-refractivity contribution is -0.0512. The maximum Gasteiger partial charge on any atom is 0.387 e. The number of phenols is 1. The molecule has 0 bridgehead atoms. The lowest BCUT2D eigenvalue weighted by atomic mass is 10.1. The highest BCUT2D eigenvalue weighted by atomic mass is 19.3. The fourth-order valence-corrected chi connectivity index (χ4v) is 1.88. The number of hydrogen-bond donors (Lipinski definition) is 1. The summed E-state index contributed by atoms with van der Waals surface area (Å²) >= 11 is 0. The van der Waals surface area contributed by atoms with E-state index >= 15 is 0 Å². The molecule has 2 rings (SSSR count). The normalized spacial score (nSPS) is 11.0. The molecular formula is C17H14F2O4. The molecule has 0 saturated heterocycles. The van der Waals surface area contributed by atoms with Crippen molar-refractivity contribution in [2.45, 2.75) is 6.61 Å². The summed E-state index contributed by atoms with van der Waals surface area (Å²) in [4.78, 5) is 12.0. The van der Waals surface area contributed by atoms with Crippen LogP contribution in [-0.2, 0) is 0 Å². The number of methoxy groups -OCH3 is 1. The minimum atomic E-state index is -2.97. The summed E-state index contributed by atoms with van der Waals surface area (Å²) in [6.07, 6.45) is 2.79. The van der Waals surface area contributed by atoms with Gasteiger partial charge in [0.2, 0.25) is 0 Å². The zero-order valence-corrected chi connectivity index (χ0v) is 12.2. The minimum absolute atomic E-state index is 0.0643. The first-order valence-electron chi connectivity index (χ1n) is 6.64. The van der Waals surface area contributed by atoms with Crippen molar-refractivity contribution in [1.29, 1.82) is 0 Å². The van der Waals surface area contributed by atoms with E-state index in [0.717, 1.165) is 0 Å². The summed E-state index contributed by atoms with van der Waals surface area (Å²) in [5.74, 6) is -0.152. The predicted molar refractivity (Wildman–Crippen MR) is 81.1 cm³/mol. The van der Waals surface area contributed by atoms with Crippen LogP contribution in [0.25, 0.3) is 6.08 Å². The molecule has 0 unspecified atom stereocenters. The number of ether oxygens (including phenoxy) is 2. The van der Waals surface area contributed by atoms with Crippen LogP contribution in [0.15, 0.2) is 48.5 Å². The van der Waals surface area contributed by atoms with E-state index in [-0.39, 0.29) is 23.0 Å². The van der Waals surface area contributed by atoms with Gasteiger partial charge in [0.25, 0.3) is 0 Å². The van der Waals surface area contributed by atoms with Crippen LogP contribution in [-0.4, -0.2) is 24.6 Å². The molecule has 0 aliphatic heterocycles. The van der Waals surface area contributed by atoms with Gasteiger partial charge in [-0.1, -0.05) is 12.1 Å². The van der Waals surface area contributed by atoms with Gasteiger partial charge in [-0.3, -0.25) is 4.79 Å². The van der Waals surface area contributed by atoms with E-state index in [1.54, 1.807) is 6.07 Å². The van der Waals surface area contributed by atoms with Crippen molar-refractivity contribution in [2.75, 3.05) is 7.11 Å². The zero-order chi connectivity index (χ0) is 16.8. The number of halogens is 2. The molecule has 2 aromatic rings. The molecule has 6 heteroatoms. The first-order chi connectivity index (χ1) is 11.0. The van der Waals surface area contributed by atoms with Crippen molar-refractivity contribution in [3.05, 3.63) is 59.7 Å². The molecule has 0 amide bonds. The monoisotopic (exact) mass is 320 g/mol. The number of hydrogen-bond acceptors (Lipinski definition) is 4. The number of carbonyl (C=O) groups excluding carboxylic acids is 1. The summed E-state index contributed by atoms with van der Waals surface area (Å²) in [6, 6.07) is 10.2. The molecule has 0 saturated carbocycles. The highest BCUT2D eigenvalue weighted by molar-refractivity contribution is 6.06. The third kappa shape index (κ3) is 4.54. The van der Waals surface area contributed by atoms with Gasteiger partial charge in [-0.05, 0) is 48.0 Å². The van der Waals surface area contributed by atoms with Crippen molar-refractivity contribution in [3.8, 4) is 17.2 Å². The second-order valence-electron chi connectivity index (χ2n) is 4.53. The molecule has 0 atom stereocenters. The third-order valence-electron chi connectivity index (χ3n) is 2.98. The molecule has 4 nitrogen and oxygen atoms in total. The molecule has 0 aliphatic rings. The van der Waals surface area contributed by atoms with Crippen LogP contribution in [0.1, 0.15) is 15.9 Å².